The predicted octanol–water partition coefficient (Wildman–Crippen LogP) is 5.08. The molecule has 1 heterocycles. The van der Waals surface area contributed by atoms with Crippen LogP contribution >= 0.6 is 35.3 Å². The molecule has 3 aromatic rings. The van der Waals surface area contributed by atoms with Gasteiger partial charge in [0, 0.05) is 10.6 Å². The van der Waals surface area contributed by atoms with Gasteiger partial charge >= 0.3 is 5.97 Å². The molecule has 2 aromatic carbocycles. The number of aliphatic carboxylic acids is 1. The number of benzene rings is 2. The average Bonchev–Trinajstić information content (AvgIpc) is 3.09. The van der Waals surface area contributed by atoms with Crippen molar-refractivity contribution in [1.29, 1.82) is 0 Å². The largest absolute Gasteiger partial charge is 0.481 e. The van der Waals surface area contributed by atoms with Gasteiger partial charge in [0.15, 0.2) is 5.11 Å². The molecule has 0 aliphatic rings. The van der Waals surface area contributed by atoms with E-state index in [1.807, 2.05) is 48.7 Å². The number of rotatable bonds is 7. The van der Waals surface area contributed by atoms with E-state index in [9.17, 15) is 9.90 Å². The van der Waals surface area contributed by atoms with Gasteiger partial charge in [-0.05, 0) is 60.8 Å². The van der Waals surface area contributed by atoms with Crippen LogP contribution in [-0.4, -0.2) is 27.4 Å². The summed E-state index contributed by atoms with van der Waals surface area (Å²) < 4.78 is 1.10. The van der Waals surface area contributed by atoms with Crippen LogP contribution in [0.15, 0.2) is 47.4 Å². The summed E-state index contributed by atoms with van der Waals surface area (Å²) in [6.07, 6.45) is 2.85. The molecular weight excluding hydrogens is 410 g/mol. The number of aromatic nitrogens is 1. The number of anilines is 1. The standard InChI is InChI=1S/C20H21N3O2S3/c1-3-18-22-15-9-6-13(10-17(15)28-18)21-20(26)23-16(11-19(24)25)12-4-7-14(27-2)8-5-12/h4-10,16H,3,11H2,1-2H3,(H,24,25)(H2,21,23,26)/t16-/m0/s1. The van der Waals surface area contributed by atoms with Gasteiger partial charge in [0.2, 0.25) is 0 Å². The second kappa shape index (κ2) is 9.36. The average molecular weight is 432 g/mol. The Kier molecular flexibility index (Phi) is 6.88. The predicted molar refractivity (Wildman–Crippen MR) is 122 cm³/mol. The highest BCUT2D eigenvalue weighted by Crippen LogP contribution is 2.26. The van der Waals surface area contributed by atoms with Gasteiger partial charge in [-0.15, -0.1) is 23.1 Å². The molecule has 0 spiro atoms. The fourth-order valence-electron chi connectivity index (χ4n) is 2.79. The lowest BCUT2D eigenvalue weighted by molar-refractivity contribution is -0.137. The number of thioether (sulfide) groups is 1. The molecule has 0 aliphatic heterocycles. The lowest BCUT2D eigenvalue weighted by Gasteiger charge is -2.20. The van der Waals surface area contributed by atoms with E-state index in [4.69, 9.17) is 12.2 Å². The number of hydrogen-bond donors (Lipinski definition) is 3. The summed E-state index contributed by atoms with van der Waals surface area (Å²) in [6.45, 7) is 2.09. The summed E-state index contributed by atoms with van der Waals surface area (Å²) >= 11 is 8.74. The molecule has 0 radical (unpaired) electrons. The number of carbonyl (C=O) groups is 1. The molecule has 8 heteroatoms. The van der Waals surface area contributed by atoms with E-state index in [1.54, 1.807) is 23.1 Å². The van der Waals surface area contributed by atoms with Crippen molar-refractivity contribution in [1.82, 2.24) is 10.3 Å². The van der Waals surface area contributed by atoms with Crippen LogP contribution in [0.4, 0.5) is 5.69 Å². The first-order valence-electron chi connectivity index (χ1n) is 8.81. The van der Waals surface area contributed by atoms with Crippen molar-refractivity contribution < 1.29 is 9.90 Å². The summed E-state index contributed by atoms with van der Waals surface area (Å²) in [5.41, 5.74) is 2.71. The highest BCUT2D eigenvalue weighted by Gasteiger charge is 2.17. The van der Waals surface area contributed by atoms with E-state index >= 15 is 0 Å². The van der Waals surface area contributed by atoms with Crippen molar-refractivity contribution in [2.24, 2.45) is 0 Å². The number of aryl methyl sites for hydroxylation is 1. The first kappa shape index (κ1) is 20.6. The third-order valence-electron chi connectivity index (χ3n) is 4.20. The molecule has 0 aliphatic carbocycles. The Morgan fingerprint density at radius 3 is 2.68 bits per heavy atom. The molecule has 0 saturated heterocycles. The highest BCUT2D eigenvalue weighted by molar-refractivity contribution is 7.98. The van der Waals surface area contributed by atoms with E-state index in [1.165, 1.54) is 0 Å². The van der Waals surface area contributed by atoms with E-state index in [2.05, 4.69) is 22.5 Å². The Labute approximate surface area is 177 Å². The SMILES string of the molecule is CCc1nc2ccc(NC(=S)N[C@@H](CC(=O)O)c3ccc(SC)cc3)cc2s1. The normalized spacial score (nSPS) is 11.9. The lowest BCUT2D eigenvalue weighted by atomic mass is 10.0. The summed E-state index contributed by atoms with van der Waals surface area (Å²) in [5, 5.41) is 17.1. The number of thiocarbonyl (C=S) groups is 1. The van der Waals surface area contributed by atoms with Crippen LogP contribution in [-0.2, 0) is 11.2 Å². The monoisotopic (exact) mass is 431 g/mol. The van der Waals surface area contributed by atoms with E-state index in [0.29, 0.717) is 5.11 Å². The zero-order valence-corrected chi connectivity index (χ0v) is 18.0. The van der Waals surface area contributed by atoms with Crippen molar-refractivity contribution in [3.63, 3.8) is 0 Å². The molecular formula is C20H21N3O2S3. The van der Waals surface area contributed by atoms with E-state index < -0.39 is 12.0 Å². The molecule has 146 valence electrons. The number of nitrogens with zero attached hydrogens (tertiary/aromatic N) is 1. The van der Waals surface area contributed by atoms with Gasteiger partial charge in [-0.1, -0.05) is 19.1 Å². The minimum Gasteiger partial charge on any atom is -0.481 e. The van der Waals surface area contributed by atoms with Gasteiger partial charge < -0.3 is 15.7 Å². The van der Waals surface area contributed by atoms with Crippen molar-refractivity contribution in [3.8, 4) is 0 Å². The van der Waals surface area contributed by atoms with Gasteiger partial charge in [-0.2, -0.15) is 0 Å². The summed E-state index contributed by atoms with van der Waals surface area (Å²) in [4.78, 5) is 17.0. The number of carboxylic acid groups (broad SMARTS) is 1. The first-order valence-corrected chi connectivity index (χ1v) is 11.3. The Balaban J connectivity index is 1.72. The van der Waals surface area contributed by atoms with Crippen LogP contribution < -0.4 is 10.6 Å². The molecule has 5 nitrogen and oxygen atoms in total. The van der Waals surface area contributed by atoms with Crippen LogP contribution in [0, 0.1) is 0 Å². The minimum atomic E-state index is -0.882. The molecule has 28 heavy (non-hydrogen) atoms. The van der Waals surface area contributed by atoms with Crippen molar-refractivity contribution >= 4 is 62.3 Å². The maximum absolute atomic E-state index is 11.3. The second-order valence-corrected chi connectivity index (χ2v) is 8.57. The highest BCUT2D eigenvalue weighted by atomic mass is 32.2. The smallest absolute Gasteiger partial charge is 0.305 e. The van der Waals surface area contributed by atoms with Crippen LogP contribution in [0.2, 0.25) is 0 Å². The zero-order valence-electron chi connectivity index (χ0n) is 15.6. The lowest BCUT2D eigenvalue weighted by Crippen LogP contribution is -2.33. The molecule has 1 atom stereocenters. The Morgan fingerprint density at radius 2 is 2.04 bits per heavy atom. The first-order chi connectivity index (χ1) is 13.5. The molecule has 0 saturated carbocycles. The molecule has 0 unspecified atom stereocenters. The molecule has 0 bridgehead atoms. The Bertz CT molecular complexity index is 986. The quantitative estimate of drug-likeness (QED) is 0.356. The van der Waals surface area contributed by atoms with Gasteiger partial charge in [-0.25, -0.2) is 4.98 Å². The van der Waals surface area contributed by atoms with E-state index in [0.717, 1.165) is 37.8 Å². The van der Waals surface area contributed by atoms with Crippen molar-refractivity contribution in [2.75, 3.05) is 11.6 Å². The fraction of sp³-hybridized carbons (Fsp3) is 0.250. The molecule has 1 aromatic heterocycles. The second-order valence-electron chi connectivity index (χ2n) is 6.17. The number of carboxylic acids is 1. The van der Waals surface area contributed by atoms with Crippen molar-refractivity contribution in [2.45, 2.75) is 30.7 Å². The molecule has 0 amide bonds. The van der Waals surface area contributed by atoms with E-state index in [-0.39, 0.29) is 6.42 Å². The fourth-order valence-corrected chi connectivity index (χ4v) is 4.40. The van der Waals surface area contributed by atoms with Crippen LogP contribution in [0.1, 0.15) is 30.0 Å². The van der Waals surface area contributed by atoms with Crippen LogP contribution in [0.25, 0.3) is 10.2 Å². The maximum Gasteiger partial charge on any atom is 0.305 e. The van der Waals surface area contributed by atoms with Gasteiger partial charge in [0.1, 0.15) is 0 Å². The molecule has 3 rings (SSSR count). The maximum atomic E-state index is 11.3. The van der Waals surface area contributed by atoms with Crippen LogP contribution in [0.3, 0.4) is 0 Å². The van der Waals surface area contributed by atoms with Crippen LogP contribution in [0.5, 0.6) is 0 Å². The third kappa shape index (κ3) is 5.21. The summed E-state index contributed by atoms with van der Waals surface area (Å²) in [6, 6.07) is 13.3. The van der Waals surface area contributed by atoms with Gasteiger partial charge in [0.05, 0.1) is 27.7 Å². The summed E-state index contributed by atoms with van der Waals surface area (Å²) in [7, 11) is 0. The van der Waals surface area contributed by atoms with Gasteiger partial charge in [0.25, 0.3) is 0 Å². The summed E-state index contributed by atoms with van der Waals surface area (Å²) in [5.74, 6) is -0.882. The van der Waals surface area contributed by atoms with Gasteiger partial charge in [-0.3, -0.25) is 4.79 Å². The third-order valence-corrected chi connectivity index (χ3v) is 6.32. The molecule has 0 fully saturated rings. The Hall–Kier alpha value is -2.16. The number of hydrogen-bond acceptors (Lipinski definition) is 5. The number of thiazole rings is 1. The molecule has 3 N–H and O–H groups in total. The minimum absolute atomic E-state index is 0.0613. The number of fused-ring (bicyclic) bond motifs is 1. The number of nitrogens with one attached hydrogen (secondary N) is 2. The zero-order chi connectivity index (χ0) is 20.1. The topological polar surface area (TPSA) is 74.2 Å². The van der Waals surface area contributed by atoms with Crippen molar-refractivity contribution in [3.05, 3.63) is 53.0 Å². The Morgan fingerprint density at radius 1 is 1.29 bits per heavy atom.